The van der Waals surface area contributed by atoms with E-state index < -0.39 is 0 Å². The second kappa shape index (κ2) is 6.27. The minimum Gasteiger partial charge on any atom is -0.331 e. The molecule has 1 saturated heterocycles. The lowest BCUT2D eigenvalue weighted by Crippen LogP contribution is -2.46. The third-order valence-electron chi connectivity index (χ3n) is 4.65. The van der Waals surface area contributed by atoms with E-state index in [0.29, 0.717) is 12.3 Å². The topological polar surface area (TPSA) is 81.2 Å². The number of aromatic nitrogens is 6. The summed E-state index contributed by atoms with van der Waals surface area (Å²) in [5.41, 5.74) is 1.78. The molecule has 0 spiro atoms. The van der Waals surface area contributed by atoms with E-state index in [2.05, 4.69) is 20.2 Å². The van der Waals surface area contributed by atoms with E-state index in [1.807, 2.05) is 41.8 Å². The fourth-order valence-corrected chi connectivity index (χ4v) is 3.47. The van der Waals surface area contributed by atoms with Gasteiger partial charge in [-0.15, -0.1) is 5.10 Å². The van der Waals surface area contributed by atoms with Crippen LogP contribution in [0.15, 0.2) is 24.5 Å². The molecule has 3 aromatic heterocycles. The minimum atomic E-state index is -0.126. The van der Waals surface area contributed by atoms with Crippen LogP contribution >= 0.6 is 0 Å². The van der Waals surface area contributed by atoms with Crippen LogP contribution in [0.2, 0.25) is 0 Å². The lowest BCUT2D eigenvalue weighted by molar-refractivity contribution is 0.0571. The van der Waals surface area contributed by atoms with Gasteiger partial charge in [-0.05, 0) is 45.2 Å². The minimum absolute atomic E-state index is 0.114. The monoisotopic (exact) mass is 339 g/mol. The van der Waals surface area contributed by atoms with E-state index in [9.17, 15) is 4.79 Å². The molecule has 0 radical (unpaired) electrons. The van der Waals surface area contributed by atoms with E-state index in [4.69, 9.17) is 0 Å². The van der Waals surface area contributed by atoms with Gasteiger partial charge in [0.1, 0.15) is 0 Å². The Morgan fingerprint density at radius 2 is 2.16 bits per heavy atom. The number of likely N-dealkylation sites (tertiary alicyclic amines) is 1. The Hall–Kier alpha value is -2.77. The summed E-state index contributed by atoms with van der Waals surface area (Å²) < 4.78 is 3.51. The molecule has 1 unspecified atom stereocenters. The van der Waals surface area contributed by atoms with E-state index in [-0.39, 0.29) is 17.8 Å². The van der Waals surface area contributed by atoms with Gasteiger partial charge in [0.2, 0.25) is 5.82 Å². The van der Waals surface area contributed by atoms with Crippen molar-refractivity contribution >= 4 is 11.7 Å². The molecule has 4 rings (SSSR count). The third kappa shape index (κ3) is 2.99. The van der Waals surface area contributed by atoms with Crippen LogP contribution in [0.25, 0.3) is 5.78 Å². The SMILES string of the molecule is Cc1cc(C)n2nc(C(=O)N3CCCCC3Cn3cccn3)nc2n1. The Labute approximate surface area is 145 Å². The molecule has 0 aromatic carbocycles. The predicted octanol–water partition coefficient (Wildman–Crippen LogP) is 1.63. The van der Waals surface area contributed by atoms with Gasteiger partial charge in [-0.2, -0.15) is 10.1 Å². The van der Waals surface area contributed by atoms with Gasteiger partial charge in [-0.1, -0.05) is 0 Å². The maximum absolute atomic E-state index is 13.0. The van der Waals surface area contributed by atoms with Crippen LogP contribution in [-0.4, -0.2) is 52.8 Å². The highest BCUT2D eigenvalue weighted by Gasteiger charge is 2.30. The van der Waals surface area contributed by atoms with Crippen LogP contribution in [0.3, 0.4) is 0 Å². The van der Waals surface area contributed by atoms with Crippen molar-refractivity contribution in [3.8, 4) is 0 Å². The Morgan fingerprint density at radius 1 is 1.28 bits per heavy atom. The number of hydrogen-bond acceptors (Lipinski definition) is 5. The van der Waals surface area contributed by atoms with Gasteiger partial charge in [0, 0.05) is 30.3 Å². The molecule has 0 bridgehead atoms. The predicted molar refractivity (Wildman–Crippen MR) is 91.2 cm³/mol. The summed E-state index contributed by atoms with van der Waals surface area (Å²) in [7, 11) is 0. The van der Waals surface area contributed by atoms with Crippen LogP contribution in [-0.2, 0) is 6.54 Å². The van der Waals surface area contributed by atoms with Gasteiger partial charge >= 0.3 is 0 Å². The second-order valence-corrected chi connectivity index (χ2v) is 6.56. The number of hydrogen-bond donors (Lipinski definition) is 0. The number of rotatable bonds is 3. The quantitative estimate of drug-likeness (QED) is 0.724. The van der Waals surface area contributed by atoms with Gasteiger partial charge in [0.05, 0.1) is 12.6 Å². The zero-order valence-corrected chi connectivity index (χ0v) is 14.5. The van der Waals surface area contributed by atoms with Crippen LogP contribution in [0.1, 0.15) is 41.3 Å². The standard InChI is InChI=1S/C17H21N7O/c1-12-10-13(2)24-17(19-12)20-15(21-24)16(25)23-9-4-3-6-14(23)11-22-8-5-7-18-22/h5,7-8,10,14H,3-4,6,9,11H2,1-2H3. The molecule has 1 aliphatic heterocycles. The Kier molecular flexibility index (Phi) is 3.95. The molecule has 1 aliphatic rings. The van der Waals surface area contributed by atoms with E-state index >= 15 is 0 Å². The van der Waals surface area contributed by atoms with Crippen molar-refractivity contribution in [2.75, 3.05) is 6.54 Å². The van der Waals surface area contributed by atoms with Gasteiger partial charge < -0.3 is 4.90 Å². The van der Waals surface area contributed by atoms with Gasteiger partial charge in [0.25, 0.3) is 11.7 Å². The maximum Gasteiger partial charge on any atom is 0.293 e. The number of carbonyl (C=O) groups excluding carboxylic acids is 1. The van der Waals surface area contributed by atoms with Crippen LogP contribution in [0.4, 0.5) is 0 Å². The lowest BCUT2D eigenvalue weighted by Gasteiger charge is -2.34. The molecule has 4 heterocycles. The average molecular weight is 339 g/mol. The zero-order valence-electron chi connectivity index (χ0n) is 14.5. The van der Waals surface area contributed by atoms with Crippen molar-refractivity contribution in [1.82, 2.24) is 34.3 Å². The molecular formula is C17H21N7O. The fraction of sp³-hybridized carbons (Fsp3) is 0.471. The summed E-state index contributed by atoms with van der Waals surface area (Å²) in [5, 5.41) is 8.66. The average Bonchev–Trinajstić information content (AvgIpc) is 3.24. The third-order valence-corrected chi connectivity index (χ3v) is 4.65. The van der Waals surface area contributed by atoms with Crippen LogP contribution < -0.4 is 0 Å². The molecule has 130 valence electrons. The van der Waals surface area contributed by atoms with Crippen molar-refractivity contribution in [3.05, 3.63) is 41.7 Å². The summed E-state index contributed by atoms with van der Waals surface area (Å²) in [5.74, 6) is 0.564. The van der Waals surface area contributed by atoms with Crippen molar-refractivity contribution < 1.29 is 4.79 Å². The first-order valence-corrected chi connectivity index (χ1v) is 8.61. The second-order valence-electron chi connectivity index (χ2n) is 6.56. The van der Waals surface area contributed by atoms with Crippen LogP contribution in [0.5, 0.6) is 0 Å². The maximum atomic E-state index is 13.0. The first kappa shape index (κ1) is 15.7. The van der Waals surface area contributed by atoms with Crippen LogP contribution in [0, 0.1) is 13.8 Å². The number of carbonyl (C=O) groups is 1. The Balaban J connectivity index is 1.62. The first-order chi connectivity index (χ1) is 12.1. The first-order valence-electron chi connectivity index (χ1n) is 8.61. The number of nitrogens with zero attached hydrogens (tertiary/aromatic N) is 7. The molecule has 1 atom stereocenters. The summed E-state index contributed by atoms with van der Waals surface area (Å²) >= 11 is 0. The number of piperidine rings is 1. The summed E-state index contributed by atoms with van der Waals surface area (Å²) in [6.45, 7) is 5.27. The largest absolute Gasteiger partial charge is 0.331 e. The van der Waals surface area contributed by atoms with Crippen molar-refractivity contribution in [2.45, 2.75) is 45.7 Å². The molecular weight excluding hydrogens is 318 g/mol. The van der Waals surface area contributed by atoms with E-state index in [0.717, 1.165) is 37.2 Å². The molecule has 0 N–H and O–H groups in total. The van der Waals surface area contributed by atoms with Gasteiger partial charge in [0.15, 0.2) is 0 Å². The van der Waals surface area contributed by atoms with Gasteiger partial charge in [-0.25, -0.2) is 9.50 Å². The fourth-order valence-electron chi connectivity index (χ4n) is 3.47. The smallest absolute Gasteiger partial charge is 0.293 e. The van der Waals surface area contributed by atoms with Crippen molar-refractivity contribution in [2.24, 2.45) is 0 Å². The molecule has 25 heavy (non-hydrogen) atoms. The summed E-state index contributed by atoms with van der Waals surface area (Å²) in [6, 6.07) is 3.94. The highest BCUT2D eigenvalue weighted by Crippen LogP contribution is 2.20. The number of aryl methyl sites for hydroxylation is 2. The number of amides is 1. The highest BCUT2D eigenvalue weighted by atomic mass is 16.2. The number of fused-ring (bicyclic) bond motifs is 1. The Bertz CT molecular complexity index is 899. The molecule has 0 saturated carbocycles. The Morgan fingerprint density at radius 3 is 2.96 bits per heavy atom. The van der Waals surface area contributed by atoms with Crippen molar-refractivity contribution in [3.63, 3.8) is 0 Å². The normalized spacial score (nSPS) is 18.0. The zero-order chi connectivity index (χ0) is 17.4. The van der Waals surface area contributed by atoms with E-state index in [1.165, 1.54) is 0 Å². The summed E-state index contributed by atoms with van der Waals surface area (Å²) in [4.78, 5) is 23.7. The molecule has 8 heteroatoms. The molecule has 1 amide bonds. The lowest BCUT2D eigenvalue weighted by atomic mass is 10.0. The molecule has 8 nitrogen and oxygen atoms in total. The molecule has 3 aromatic rings. The van der Waals surface area contributed by atoms with E-state index in [1.54, 1.807) is 10.7 Å². The van der Waals surface area contributed by atoms with Crippen molar-refractivity contribution in [1.29, 1.82) is 0 Å². The summed E-state index contributed by atoms with van der Waals surface area (Å²) in [6.07, 6.45) is 6.78. The highest BCUT2D eigenvalue weighted by molar-refractivity contribution is 5.91. The molecule has 1 fully saturated rings. The molecule has 0 aliphatic carbocycles. The van der Waals surface area contributed by atoms with Gasteiger partial charge in [-0.3, -0.25) is 9.48 Å².